The lowest BCUT2D eigenvalue weighted by molar-refractivity contribution is 0.744. The minimum absolute atomic E-state index is 0.710. The zero-order valence-corrected chi connectivity index (χ0v) is 14.1. The van der Waals surface area contributed by atoms with Gasteiger partial charge in [0.2, 0.25) is 5.16 Å². The molecule has 0 atom stereocenters. The third-order valence-corrected chi connectivity index (χ3v) is 4.41. The third kappa shape index (κ3) is 4.21. The second kappa shape index (κ2) is 7.44. The van der Waals surface area contributed by atoms with Gasteiger partial charge in [-0.1, -0.05) is 65.8 Å². The highest BCUT2D eigenvalue weighted by Crippen LogP contribution is 2.21. The first-order valence-electron chi connectivity index (χ1n) is 7.11. The van der Waals surface area contributed by atoms with Crippen molar-refractivity contribution in [3.63, 3.8) is 0 Å². The van der Waals surface area contributed by atoms with E-state index in [-0.39, 0.29) is 0 Å². The molecule has 1 heterocycles. The molecule has 3 rings (SSSR count). The molecule has 0 unspecified atom stereocenters. The summed E-state index contributed by atoms with van der Waals surface area (Å²) in [6.45, 7) is 1.89. The molecule has 0 saturated carbocycles. The molecule has 0 spiro atoms. The van der Waals surface area contributed by atoms with E-state index in [0.29, 0.717) is 5.02 Å². The van der Waals surface area contributed by atoms with Crippen molar-refractivity contribution in [1.29, 1.82) is 0 Å². The molecular formula is C17H15ClN4S. The fraction of sp³-hybridized carbons (Fsp3) is 0.118. The van der Waals surface area contributed by atoms with Crippen LogP contribution in [-0.4, -0.2) is 21.1 Å². The number of rotatable bonds is 5. The number of halogens is 1. The molecule has 4 nitrogen and oxygen atoms in total. The maximum Gasteiger partial charge on any atom is 0.212 e. The van der Waals surface area contributed by atoms with Crippen LogP contribution in [0.4, 0.5) is 0 Å². The van der Waals surface area contributed by atoms with Gasteiger partial charge < -0.3 is 0 Å². The van der Waals surface area contributed by atoms with Crippen LogP contribution in [0.1, 0.15) is 17.0 Å². The Bertz CT molecular complexity index is 797. The van der Waals surface area contributed by atoms with E-state index in [1.165, 1.54) is 5.56 Å². The van der Waals surface area contributed by atoms with Crippen LogP contribution in [-0.2, 0) is 5.75 Å². The zero-order chi connectivity index (χ0) is 16.1. The first kappa shape index (κ1) is 15.8. The van der Waals surface area contributed by atoms with Gasteiger partial charge >= 0.3 is 0 Å². The highest BCUT2D eigenvalue weighted by atomic mass is 35.5. The summed E-state index contributed by atoms with van der Waals surface area (Å²) in [5.41, 5.74) is 2.22. The average molecular weight is 343 g/mol. The first-order chi connectivity index (χ1) is 11.2. The summed E-state index contributed by atoms with van der Waals surface area (Å²) in [6.07, 6.45) is 1.78. The number of aryl methyl sites for hydroxylation is 1. The Hall–Kier alpha value is -2.11. The number of nitrogens with zero attached hydrogens (tertiary/aromatic N) is 4. The molecule has 0 aliphatic rings. The summed E-state index contributed by atoms with van der Waals surface area (Å²) in [6, 6.07) is 17.8. The van der Waals surface area contributed by atoms with Crippen molar-refractivity contribution >= 4 is 29.6 Å². The van der Waals surface area contributed by atoms with Gasteiger partial charge in [-0.3, -0.25) is 0 Å². The monoisotopic (exact) mass is 342 g/mol. The molecule has 23 heavy (non-hydrogen) atoms. The molecule has 0 N–H and O–H groups in total. The Kier molecular flexibility index (Phi) is 5.10. The molecule has 3 aromatic rings. The molecule has 0 aliphatic carbocycles. The number of hydrogen-bond acceptors (Lipinski definition) is 4. The first-order valence-corrected chi connectivity index (χ1v) is 8.47. The van der Waals surface area contributed by atoms with Crippen LogP contribution in [0.5, 0.6) is 0 Å². The lowest BCUT2D eigenvalue weighted by Gasteiger charge is -2.02. The Morgan fingerprint density at radius 2 is 1.83 bits per heavy atom. The molecule has 0 amide bonds. The van der Waals surface area contributed by atoms with Gasteiger partial charge in [0, 0.05) is 10.8 Å². The summed E-state index contributed by atoms with van der Waals surface area (Å²) >= 11 is 7.50. The van der Waals surface area contributed by atoms with Crippen LogP contribution in [0.2, 0.25) is 5.02 Å². The van der Waals surface area contributed by atoms with Crippen molar-refractivity contribution in [2.45, 2.75) is 17.8 Å². The largest absolute Gasteiger partial charge is 0.212 e. The van der Waals surface area contributed by atoms with Crippen molar-refractivity contribution in [2.75, 3.05) is 0 Å². The molecule has 2 aromatic carbocycles. The fourth-order valence-corrected chi connectivity index (χ4v) is 2.97. The van der Waals surface area contributed by atoms with Gasteiger partial charge in [-0.2, -0.15) is 9.78 Å². The van der Waals surface area contributed by atoms with E-state index in [2.05, 4.69) is 27.4 Å². The maximum atomic E-state index is 5.89. The van der Waals surface area contributed by atoms with E-state index < -0.39 is 0 Å². The summed E-state index contributed by atoms with van der Waals surface area (Å²) in [5, 5.41) is 14.3. The topological polar surface area (TPSA) is 43.1 Å². The van der Waals surface area contributed by atoms with Gasteiger partial charge in [0.1, 0.15) is 0 Å². The predicted molar refractivity (Wildman–Crippen MR) is 95.2 cm³/mol. The number of aromatic nitrogens is 3. The predicted octanol–water partition coefficient (Wildman–Crippen LogP) is 4.41. The van der Waals surface area contributed by atoms with Crippen molar-refractivity contribution < 1.29 is 0 Å². The summed E-state index contributed by atoms with van der Waals surface area (Å²) < 4.78 is 1.75. The quantitative estimate of drug-likeness (QED) is 0.509. The number of hydrogen-bond donors (Lipinski definition) is 0. The van der Waals surface area contributed by atoms with Gasteiger partial charge in [-0.05, 0) is 30.2 Å². The Balaban J connectivity index is 1.74. The van der Waals surface area contributed by atoms with Crippen LogP contribution >= 0.6 is 23.4 Å². The number of thioether (sulfide) groups is 1. The summed E-state index contributed by atoms with van der Waals surface area (Å²) in [5.74, 6) is 1.58. The molecule has 1 aromatic heterocycles. The van der Waals surface area contributed by atoms with Crippen LogP contribution in [0.25, 0.3) is 0 Å². The molecule has 116 valence electrons. The highest BCUT2D eigenvalue weighted by molar-refractivity contribution is 7.98. The van der Waals surface area contributed by atoms with Crippen molar-refractivity contribution in [2.24, 2.45) is 5.10 Å². The third-order valence-electron chi connectivity index (χ3n) is 3.17. The van der Waals surface area contributed by atoms with E-state index in [0.717, 1.165) is 22.3 Å². The van der Waals surface area contributed by atoms with Crippen LogP contribution in [0, 0.1) is 6.92 Å². The SMILES string of the molecule is Cc1nnc(SCc2ccccc2)n1N=Cc1ccc(Cl)cc1. The number of benzene rings is 2. The lowest BCUT2D eigenvalue weighted by Crippen LogP contribution is -1.96. The second-order valence-electron chi connectivity index (χ2n) is 4.91. The molecule has 0 radical (unpaired) electrons. The normalized spacial score (nSPS) is 11.2. The minimum atomic E-state index is 0.710. The van der Waals surface area contributed by atoms with Crippen molar-refractivity contribution in [3.8, 4) is 0 Å². The molecule has 0 bridgehead atoms. The molecule has 6 heteroatoms. The molecule has 0 aliphatic heterocycles. The Labute approximate surface area is 144 Å². The van der Waals surface area contributed by atoms with Gasteiger partial charge in [-0.25, -0.2) is 0 Å². The van der Waals surface area contributed by atoms with Crippen LogP contribution < -0.4 is 0 Å². The van der Waals surface area contributed by atoms with Gasteiger partial charge in [-0.15, -0.1) is 10.2 Å². The fourth-order valence-electron chi connectivity index (χ4n) is 1.96. The van der Waals surface area contributed by atoms with E-state index in [1.807, 2.05) is 49.4 Å². The Morgan fingerprint density at radius 3 is 2.57 bits per heavy atom. The van der Waals surface area contributed by atoms with E-state index in [9.17, 15) is 0 Å². The minimum Gasteiger partial charge on any atom is -0.192 e. The second-order valence-corrected chi connectivity index (χ2v) is 6.29. The van der Waals surface area contributed by atoms with E-state index in [1.54, 1.807) is 22.7 Å². The molecule has 0 saturated heterocycles. The van der Waals surface area contributed by atoms with Gasteiger partial charge in [0.25, 0.3) is 0 Å². The average Bonchev–Trinajstić information content (AvgIpc) is 2.93. The van der Waals surface area contributed by atoms with Crippen molar-refractivity contribution in [1.82, 2.24) is 14.9 Å². The van der Waals surface area contributed by atoms with E-state index >= 15 is 0 Å². The molecule has 0 fully saturated rings. The zero-order valence-electron chi connectivity index (χ0n) is 12.6. The van der Waals surface area contributed by atoms with Crippen LogP contribution in [0.3, 0.4) is 0 Å². The summed E-state index contributed by atoms with van der Waals surface area (Å²) in [4.78, 5) is 0. The highest BCUT2D eigenvalue weighted by Gasteiger charge is 2.08. The standard InChI is InChI=1S/C17H15ClN4S/c1-13-20-21-17(23-12-15-5-3-2-4-6-15)22(13)19-11-14-7-9-16(18)10-8-14/h2-11H,12H2,1H3. The van der Waals surface area contributed by atoms with E-state index in [4.69, 9.17) is 11.6 Å². The van der Waals surface area contributed by atoms with Gasteiger partial charge in [0.05, 0.1) is 6.21 Å². The smallest absolute Gasteiger partial charge is 0.192 e. The summed E-state index contributed by atoms with van der Waals surface area (Å²) in [7, 11) is 0. The lowest BCUT2D eigenvalue weighted by atomic mass is 10.2. The Morgan fingerprint density at radius 1 is 1.09 bits per heavy atom. The van der Waals surface area contributed by atoms with Gasteiger partial charge in [0.15, 0.2) is 5.82 Å². The van der Waals surface area contributed by atoms with Crippen molar-refractivity contribution in [3.05, 3.63) is 76.6 Å². The van der Waals surface area contributed by atoms with Crippen LogP contribution in [0.15, 0.2) is 64.9 Å². The molecular weight excluding hydrogens is 328 g/mol. The maximum absolute atomic E-state index is 5.89.